The molecule has 0 spiro atoms. The largest absolute Gasteiger partial charge is 0.348 e. The summed E-state index contributed by atoms with van der Waals surface area (Å²) in [6.45, 7) is 4.09. The van der Waals surface area contributed by atoms with Crippen LogP contribution in [-0.2, 0) is 4.79 Å². The maximum absolute atomic E-state index is 12.7. The normalized spacial score (nSPS) is 22.4. The van der Waals surface area contributed by atoms with Crippen LogP contribution < -0.4 is 5.32 Å². The zero-order valence-electron chi connectivity index (χ0n) is 14.5. The topological polar surface area (TPSA) is 46.2 Å². The van der Waals surface area contributed by atoms with Crippen LogP contribution in [0, 0.1) is 5.41 Å². The summed E-state index contributed by atoms with van der Waals surface area (Å²) in [5, 5.41) is 3.85. The second-order valence-electron chi connectivity index (χ2n) is 7.38. The number of halogens is 1. The standard InChI is InChI=1S/C21H22ClNO2/c1-21(2)13-17(24)12-18(14-8-10-16(22)11-9-14)19(21)23-20(25)15-6-4-3-5-7-15/h3-11,18-19H,12-13H2,1-2H3,(H,23,25)/t18-,19+/m1/s1. The lowest BCUT2D eigenvalue weighted by atomic mass is 9.65. The van der Waals surface area contributed by atoms with Gasteiger partial charge in [-0.05, 0) is 35.2 Å². The van der Waals surface area contributed by atoms with Crippen molar-refractivity contribution in [1.82, 2.24) is 5.32 Å². The van der Waals surface area contributed by atoms with Crippen molar-refractivity contribution in [3.8, 4) is 0 Å². The zero-order chi connectivity index (χ0) is 18.0. The zero-order valence-corrected chi connectivity index (χ0v) is 15.2. The molecule has 0 heterocycles. The van der Waals surface area contributed by atoms with Crippen molar-refractivity contribution in [3.05, 3.63) is 70.7 Å². The van der Waals surface area contributed by atoms with E-state index in [4.69, 9.17) is 11.6 Å². The Bertz CT molecular complexity index is 768. The van der Waals surface area contributed by atoms with Crippen molar-refractivity contribution in [2.24, 2.45) is 5.41 Å². The third-order valence-electron chi connectivity index (χ3n) is 4.97. The van der Waals surface area contributed by atoms with Crippen LogP contribution >= 0.6 is 11.6 Å². The molecule has 1 saturated carbocycles. The van der Waals surface area contributed by atoms with Crippen LogP contribution in [0.3, 0.4) is 0 Å². The number of carbonyl (C=O) groups excluding carboxylic acids is 2. The number of ketones is 1. The lowest BCUT2D eigenvalue weighted by molar-refractivity contribution is -0.124. The van der Waals surface area contributed by atoms with E-state index in [9.17, 15) is 9.59 Å². The van der Waals surface area contributed by atoms with Crippen molar-refractivity contribution in [2.75, 3.05) is 0 Å². The molecule has 25 heavy (non-hydrogen) atoms. The lowest BCUT2D eigenvalue weighted by Crippen LogP contribution is -2.52. The number of nitrogens with one attached hydrogen (secondary N) is 1. The smallest absolute Gasteiger partial charge is 0.251 e. The fraction of sp³-hybridized carbons (Fsp3) is 0.333. The second kappa shape index (κ2) is 7.01. The molecule has 4 heteroatoms. The molecule has 1 N–H and O–H groups in total. The van der Waals surface area contributed by atoms with Gasteiger partial charge in [0.1, 0.15) is 5.78 Å². The van der Waals surface area contributed by atoms with E-state index >= 15 is 0 Å². The van der Waals surface area contributed by atoms with E-state index in [0.29, 0.717) is 23.4 Å². The van der Waals surface area contributed by atoms with E-state index in [1.165, 1.54) is 0 Å². The van der Waals surface area contributed by atoms with Crippen molar-refractivity contribution >= 4 is 23.3 Å². The van der Waals surface area contributed by atoms with Crippen LogP contribution in [0.2, 0.25) is 5.02 Å². The Balaban J connectivity index is 1.92. The van der Waals surface area contributed by atoms with Crippen molar-refractivity contribution in [2.45, 2.75) is 38.6 Å². The quantitative estimate of drug-likeness (QED) is 0.873. The summed E-state index contributed by atoms with van der Waals surface area (Å²) < 4.78 is 0. The second-order valence-corrected chi connectivity index (χ2v) is 7.82. The number of hydrogen-bond acceptors (Lipinski definition) is 2. The average Bonchev–Trinajstić information content (AvgIpc) is 2.58. The molecule has 2 aromatic carbocycles. The first-order chi connectivity index (χ1) is 11.9. The Morgan fingerprint density at radius 1 is 1.08 bits per heavy atom. The average molecular weight is 356 g/mol. The third-order valence-corrected chi connectivity index (χ3v) is 5.22. The SMILES string of the molecule is CC1(C)CC(=O)C[C@H](c2ccc(Cl)cc2)[C@@H]1NC(=O)c1ccccc1. The van der Waals surface area contributed by atoms with Gasteiger partial charge in [0.2, 0.25) is 0 Å². The van der Waals surface area contributed by atoms with Gasteiger partial charge in [0.25, 0.3) is 5.91 Å². The first kappa shape index (κ1) is 17.7. The maximum atomic E-state index is 12.7. The van der Waals surface area contributed by atoms with E-state index in [0.717, 1.165) is 5.56 Å². The molecule has 2 aromatic rings. The molecule has 130 valence electrons. The van der Waals surface area contributed by atoms with Gasteiger partial charge >= 0.3 is 0 Å². The number of benzene rings is 2. The number of carbonyl (C=O) groups is 2. The highest BCUT2D eigenvalue weighted by molar-refractivity contribution is 6.30. The van der Waals surface area contributed by atoms with Gasteiger partial charge in [-0.2, -0.15) is 0 Å². The summed E-state index contributed by atoms with van der Waals surface area (Å²) in [6, 6.07) is 16.6. The van der Waals surface area contributed by atoms with Crippen LogP contribution in [0.4, 0.5) is 0 Å². The van der Waals surface area contributed by atoms with Crippen LogP contribution in [0.1, 0.15) is 48.5 Å². The highest BCUT2D eigenvalue weighted by Crippen LogP contribution is 2.42. The molecular weight excluding hydrogens is 334 g/mol. The molecule has 0 unspecified atom stereocenters. The van der Waals surface area contributed by atoms with E-state index in [2.05, 4.69) is 5.32 Å². The van der Waals surface area contributed by atoms with Gasteiger partial charge in [-0.1, -0.05) is 55.8 Å². The molecule has 1 fully saturated rings. The first-order valence-corrected chi connectivity index (χ1v) is 8.88. The minimum absolute atomic E-state index is 0.0545. The summed E-state index contributed by atoms with van der Waals surface area (Å²) in [5.74, 6) is 0.0725. The van der Waals surface area contributed by atoms with Gasteiger partial charge in [0.15, 0.2) is 0 Å². The molecule has 0 bridgehead atoms. The fourth-order valence-electron chi connectivity index (χ4n) is 3.73. The van der Waals surface area contributed by atoms with E-state index in [1.54, 1.807) is 12.1 Å². The Morgan fingerprint density at radius 3 is 2.36 bits per heavy atom. The Kier molecular flexibility index (Phi) is 4.96. The summed E-state index contributed by atoms with van der Waals surface area (Å²) >= 11 is 6.00. The van der Waals surface area contributed by atoms with Crippen molar-refractivity contribution < 1.29 is 9.59 Å². The predicted octanol–water partition coefficient (Wildman–Crippen LogP) is 4.61. The first-order valence-electron chi connectivity index (χ1n) is 8.50. The van der Waals surface area contributed by atoms with Gasteiger partial charge in [-0.25, -0.2) is 0 Å². The van der Waals surface area contributed by atoms with E-state index in [-0.39, 0.29) is 29.1 Å². The molecule has 0 radical (unpaired) electrons. The van der Waals surface area contributed by atoms with E-state index < -0.39 is 0 Å². The molecule has 0 aliphatic heterocycles. The summed E-state index contributed by atoms with van der Waals surface area (Å²) in [5.41, 5.74) is 1.35. The molecular formula is C21H22ClNO2. The fourth-order valence-corrected chi connectivity index (χ4v) is 3.85. The monoisotopic (exact) mass is 355 g/mol. The summed E-state index contributed by atoms with van der Waals surface area (Å²) in [4.78, 5) is 25.0. The molecule has 1 aliphatic carbocycles. The molecule has 3 rings (SSSR count). The third kappa shape index (κ3) is 3.93. The lowest BCUT2D eigenvalue weighted by Gasteiger charge is -2.44. The summed E-state index contributed by atoms with van der Waals surface area (Å²) in [7, 11) is 0. The van der Waals surface area contributed by atoms with Gasteiger partial charge in [0, 0.05) is 35.4 Å². The van der Waals surface area contributed by atoms with Crippen LogP contribution in [-0.4, -0.2) is 17.7 Å². The molecule has 1 amide bonds. The number of rotatable bonds is 3. The minimum Gasteiger partial charge on any atom is -0.348 e. The van der Waals surface area contributed by atoms with Crippen LogP contribution in [0.25, 0.3) is 0 Å². The molecule has 1 aliphatic rings. The van der Waals surface area contributed by atoms with Crippen LogP contribution in [0.15, 0.2) is 54.6 Å². The van der Waals surface area contributed by atoms with Gasteiger partial charge < -0.3 is 5.32 Å². The molecule has 0 saturated heterocycles. The van der Waals surface area contributed by atoms with Gasteiger partial charge in [0.05, 0.1) is 0 Å². The predicted molar refractivity (Wildman–Crippen MR) is 99.9 cm³/mol. The summed E-state index contributed by atoms with van der Waals surface area (Å²) in [6.07, 6.45) is 0.904. The Hall–Kier alpha value is -2.13. The van der Waals surface area contributed by atoms with Gasteiger partial charge in [-0.15, -0.1) is 0 Å². The maximum Gasteiger partial charge on any atom is 0.251 e. The van der Waals surface area contributed by atoms with E-state index in [1.807, 2.05) is 56.3 Å². The van der Waals surface area contributed by atoms with Crippen molar-refractivity contribution in [1.29, 1.82) is 0 Å². The van der Waals surface area contributed by atoms with Crippen molar-refractivity contribution in [3.63, 3.8) is 0 Å². The molecule has 2 atom stereocenters. The Labute approximate surface area is 153 Å². The Morgan fingerprint density at radius 2 is 1.72 bits per heavy atom. The number of hydrogen-bond donors (Lipinski definition) is 1. The number of Topliss-reactive ketones (excluding diaryl/α,β-unsaturated/α-hetero) is 1. The highest BCUT2D eigenvalue weighted by atomic mass is 35.5. The number of amides is 1. The van der Waals surface area contributed by atoms with Gasteiger partial charge in [-0.3, -0.25) is 9.59 Å². The molecule has 3 nitrogen and oxygen atoms in total. The van der Waals surface area contributed by atoms with Crippen LogP contribution in [0.5, 0.6) is 0 Å². The molecule has 0 aromatic heterocycles. The minimum atomic E-state index is -0.315. The highest BCUT2D eigenvalue weighted by Gasteiger charge is 2.43.